The summed E-state index contributed by atoms with van der Waals surface area (Å²) in [5.74, 6) is 1.54. The molecule has 0 spiro atoms. The standard InChI is InChI=1S/C23H21ClN6O2/c1-14-15(2)29-30(16(14)3)21-12-13-22(28-27-21)32-20-10-8-19(9-11-20)26-23(31)25-18-6-4-17(24)5-7-18/h4-13H,1-3H3,(H2,25,26,31). The zero-order valence-electron chi connectivity index (χ0n) is 17.8. The molecule has 0 bridgehead atoms. The number of aryl methyl sites for hydroxylation is 1. The third-order valence-electron chi connectivity index (χ3n) is 4.93. The number of hydrogen-bond donors (Lipinski definition) is 2. The van der Waals surface area contributed by atoms with Gasteiger partial charge < -0.3 is 15.4 Å². The predicted molar refractivity (Wildman–Crippen MR) is 124 cm³/mol. The first-order valence-corrected chi connectivity index (χ1v) is 10.3. The monoisotopic (exact) mass is 448 g/mol. The molecule has 4 aromatic rings. The number of hydrogen-bond acceptors (Lipinski definition) is 5. The number of nitrogens with one attached hydrogen (secondary N) is 2. The van der Waals surface area contributed by atoms with Crippen molar-refractivity contribution in [2.75, 3.05) is 10.6 Å². The van der Waals surface area contributed by atoms with Crippen molar-refractivity contribution < 1.29 is 9.53 Å². The molecule has 0 radical (unpaired) electrons. The third-order valence-corrected chi connectivity index (χ3v) is 5.18. The fraction of sp³-hybridized carbons (Fsp3) is 0.130. The summed E-state index contributed by atoms with van der Waals surface area (Å²) in [5.41, 5.74) is 4.37. The van der Waals surface area contributed by atoms with E-state index in [1.165, 1.54) is 0 Å². The highest BCUT2D eigenvalue weighted by atomic mass is 35.5. The molecular formula is C23H21ClN6O2. The number of halogens is 1. The number of amides is 2. The van der Waals surface area contributed by atoms with Crippen molar-refractivity contribution in [2.24, 2.45) is 0 Å². The van der Waals surface area contributed by atoms with Crippen LogP contribution in [0.5, 0.6) is 11.6 Å². The van der Waals surface area contributed by atoms with E-state index in [0.717, 1.165) is 17.0 Å². The molecule has 4 rings (SSSR count). The van der Waals surface area contributed by atoms with Gasteiger partial charge in [0.2, 0.25) is 5.88 Å². The molecule has 0 saturated heterocycles. The molecule has 8 nitrogen and oxygen atoms in total. The molecular weight excluding hydrogens is 428 g/mol. The molecule has 0 saturated carbocycles. The number of aromatic nitrogens is 4. The number of carbonyl (C=O) groups excluding carboxylic acids is 1. The third kappa shape index (κ3) is 4.87. The summed E-state index contributed by atoms with van der Waals surface area (Å²) >= 11 is 5.85. The van der Waals surface area contributed by atoms with Crippen LogP contribution in [-0.4, -0.2) is 26.0 Å². The molecule has 2 aromatic heterocycles. The van der Waals surface area contributed by atoms with Crippen LogP contribution < -0.4 is 15.4 Å². The molecule has 0 aliphatic heterocycles. The van der Waals surface area contributed by atoms with Gasteiger partial charge in [0.1, 0.15) is 5.75 Å². The van der Waals surface area contributed by atoms with Gasteiger partial charge in [-0.2, -0.15) is 5.10 Å². The highest BCUT2D eigenvalue weighted by Gasteiger charge is 2.11. The molecule has 0 unspecified atom stereocenters. The molecule has 32 heavy (non-hydrogen) atoms. The second-order valence-electron chi connectivity index (χ2n) is 7.15. The van der Waals surface area contributed by atoms with Crippen LogP contribution in [0.25, 0.3) is 5.82 Å². The lowest BCUT2D eigenvalue weighted by molar-refractivity contribution is 0.262. The summed E-state index contributed by atoms with van der Waals surface area (Å²) in [6, 6.07) is 17.0. The van der Waals surface area contributed by atoms with E-state index in [1.54, 1.807) is 65.3 Å². The smallest absolute Gasteiger partial charge is 0.323 e. The van der Waals surface area contributed by atoms with E-state index in [4.69, 9.17) is 16.3 Å². The fourth-order valence-electron chi connectivity index (χ4n) is 2.98. The summed E-state index contributed by atoms with van der Waals surface area (Å²) in [6.45, 7) is 5.98. The first kappa shape index (κ1) is 21.3. The minimum Gasteiger partial charge on any atom is -0.438 e. The van der Waals surface area contributed by atoms with Crippen LogP contribution in [0.4, 0.5) is 16.2 Å². The number of rotatable bonds is 5. The summed E-state index contributed by atoms with van der Waals surface area (Å²) in [5, 5.41) is 18.9. The second-order valence-corrected chi connectivity index (χ2v) is 7.59. The fourth-order valence-corrected chi connectivity index (χ4v) is 3.10. The van der Waals surface area contributed by atoms with Crippen LogP contribution in [0.2, 0.25) is 5.02 Å². The van der Waals surface area contributed by atoms with Gasteiger partial charge in [-0.1, -0.05) is 11.6 Å². The van der Waals surface area contributed by atoms with Crippen molar-refractivity contribution in [1.82, 2.24) is 20.0 Å². The summed E-state index contributed by atoms with van der Waals surface area (Å²) in [6.07, 6.45) is 0. The predicted octanol–water partition coefficient (Wildman–Crippen LogP) is 5.68. The lowest BCUT2D eigenvalue weighted by Gasteiger charge is -2.09. The van der Waals surface area contributed by atoms with Crippen molar-refractivity contribution >= 4 is 29.0 Å². The van der Waals surface area contributed by atoms with Crippen molar-refractivity contribution in [3.8, 4) is 17.4 Å². The quantitative estimate of drug-likeness (QED) is 0.409. The Morgan fingerprint density at radius 2 is 1.50 bits per heavy atom. The largest absolute Gasteiger partial charge is 0.438 e. The Hall–Kier alpha value is -3.91. The Kier molecular flexibility index (Phi) is 6.04. The van der Waals surface area contributed by atoms with Gasteiger partial charge in [-0.25, -0.2) is 9.48 Å². The number of nitrogens with zero attached hydrogens (tertiary/aromatic N) is 4. The minimum atomic E-state index is -0.359. The molecule has 0 atom stereocenters. The average molecular weight is 449 g/mol. The van der Waals surface area contributed by atoms with Gasteiger partial charge >= 0.3 is 6.03 Å². The molecule has 9 heteroatoms. The first-order valence-electron chi connectivity index (χ1n) is 9.87. The normalized spacial score (nSPS) is 10.6. The zero-order valence-corrected chi connectivity index (χ0v) is 18.5. The van der Waals surface area contributed by atoms with E-state index in [1.807, 2.05) is 20.8 Å². The zero-order chi connectivity index (χ0) is 22.7. The van der Waals surface area contributed by atoms with E-state index in [9.17, 15) is 4.79 Å². The van der Waals surface area contributed by atoms with Crippen molar-refractivity contribution in [1.29, 1.82) is 0 Å². The van der Waals surface area contributed by atoms with Gasteiger partial charge in [0.05, 0.1) is 5.69 Å². The molecule has 2 amide bonds. The molecule has 162 valence electrons. The van der Waals surface area contributed by atoms with E-state index < -0.39 is 0 Å². The highest BCUT2D eigenvalue weighted by Crippen LogP contribution is 2.22. The Morgan fingerprint density at radius 3 is 2.03 bits per heavy atom. The molecule has 0 fully saturated rings. The number of carbonyl (C=O) groups is 1. The Balaban J connectivity index is 1.36. The van der Waals surface area contributed by atoms with Crippen LogP contribution in [0.3, 0.4) is 0 Å². The Bertz CT molecular complexity index is 1240. The topological polar surface area (TPSA) is 94.0 Å². The van der Waals surface area contributed by atoms with Crippen LogP contribution >= 0.6 is 11.6 Å². The lowest BCUT2D eigenvalue weighted by Crippen LogP contribution is -2.19. The highest BCUT2D eigenvalue weighted by molar-refractivity contribution is 6.30. The second kappa shape index (κ2) is 9.07. The van der Waals surface area contributed by atoms with Crippen molar-refractivity contribution in [2.45, 2.75) is 20.8 Å². The molecule has 0 aliphatic rings. The summed E-state index contributed by atoms with van der Waals surface area (Å²) in [7, 11) is 0. The average Bonchev–Trinajstić information content (AvgIpc) is 3.04. The van der Waals surface area contributed by atoms with Crippen LogP contribution in [0.15, 0.2) is 60.7 Å². The summed E-state index contributed by atoms with van der Waals surface area (Å²) in [4.78, 5) is 12.1. The van der Waals surface area contributed by atoms with Gasteiger partial charge in [0.15, 0.2) is 5.82 Å². The van der Waals surface area contributed by atoms with Gasteiger partial charge in [-0.15, -0.1) is 10.2 Å². The number of anilines is 2. The minimum absolute atomic E-state index is 0.355. The van der Waals surface area contributed by atoms with Crippen LogP contribution in [0.1, 0.15) is 17.0 Å². The Morgan fingerprint density at radius 1 is 0.875 bits per heavy atom. The van der Waals surface area contributed by atoms with Crippen LogP contribution in [0, 0.1) is 20.8 Å². The number of urea groups is 1. The molecule has 2 N–H and O–H groups in total. The first-order chi connectivity index (χ1) is 15.4. The molecule has 2 aromatic carbocycles. The Labute approximate surface area is 190 Å². The molecule has 0 aliphatic carbocycles. The molecule has 2 heterocycles. The van der Waals surface area contributed by atoms with Gasteiger partial charge in [0, 0.05) is 28.2 Å². The maximum absolute atomic E-state index is 12.1. The SMILES string of the molecule is Cc1nn(-c2ccc(Oc3ccc(NC(=O)Nc4ccc(Cl)cc4)cc3)nn2)c(C)c1C. The summed E-state index contributed by atoms with van der Waals surface area (Å²) < 4.78 is 7.51. The maximum atomic E-state index is 12.1. The van der Waals surface area contributed by atoms with Crippen LogP contribution in [-0.2, 0) is 0 Å². The van der Waals surface area contributed by atoms with Gasteiger partial charge in [-0.3, -0.25) is 0 Å². The van der Waals surface area contributed by atoms with E-state index in [-0.39, 0.29) is 6.03 Å². The number of benzene rings is 2. The maximum Gasteiger partial charge on any atom is 0.323 e. The van der Waals surface area contributed by atoms with Gasteiger partial charge in [0.25, 0.3) is 0 Å². The lowest BCUT2D eigenvalue weighted by atomic mass is 10.2. The van der Waals surface area contributed by atoms with E-state index in [0.29, 0.717) is 33.8 Å². The van der Waals surface area contributed by atoms with Gasteiger partial charge in [-0.05, 0) is 80.9 Å². The number of ether oxygens (including phenoxy) is 1. The van der Waals surface area contributed by atoms with E-state index >= 15 is 0 Å². The van der Waals surface area contributed by atoms with Crippen molar-refractivity contribution in [3.63, 3.8) is 0 Å². The van der Waals surface area contributed by atoms with Crippen molar-refractivity contribution in [3.05, 3.63) is 82.6 Å². The van der Waals surface area contributed by atoms with E-state index in [2.05, 4.69) is 25.9 Å².